The Labute approximate surface area is 165 Å². The SMILES string of the molecule is O=C1NC(=O)C2(CCN(C(=O)CCNS(=O)(=O)c3ccccc3Br)CC2)N1. The molecule has 4 amide bonds. The van der Waals surface area contributed by atoms with Crippen LogP contribution in [0.15, 0.2) is 33.6 Å². The Morgan fingerprint density at radius 2 is 1.89 bits per heavy atom. The van der Waals surface area contributed by atoms with Crippen LogP contribution in [-0.2, 0) is 19.6 Å². The fraction of sp³-hybridized carbons (Fsp3) is 0.438. The van der Waals surface area contributed by atoms with E-state index in [1.807, 2.05) is 0 Å². The molecule has 0 bridgehead atoms. The maximum atomic E-state index is 12.3. The van der Waals surface area contributed by atoms with Crippen LogP contribution >= 0.6 is 15.9 Å². The molecule has 0 aromatic heterocycles. The van der Waals surface area contributed by atoms with Crippen molar-refractivity contribution in [1.82, 2.24) is 20.3 Å². The number of carbonyl (C=O) groups excluding carboxylic acids is 3. The highest BCUT2D eigenvalue weighted by Crippen LogP contribution is 2.26. The standard InChI is InChI=1S/C16H19BrN4O5S/c17-11-3-1-2-4-12(11)27(25,26)18-8-5-13(22)21-9-6-16(7-10-21)14(23)19-15(24)20-16/h1-4,18H,5-10H2,(H2,19,20,23,24). The maximum absolute atomic E-state index is 12.3. The van der Waals surface area contributed by atoms with Crippen LogP contribution < -0.4 is 15.4 Å². The van der Waals surface area contributed by atoms with Gasteiger partial charge in [-0.2, -0.15) is 0 Å². The second-order valence-electron chi connectivity index (χ2n) is 6.45. The second-order valence-corrected chi connectivity index (χ2v) is 9.04. The molecule has 2 heterocycles. The maximum Gasteiger partial charge on any atom is 0.322 e. The van der Waals surface area contributed by atoms with Gasteiger partial charge in [0.2, 0.25) is 15.9 Å². The van der Waals surface area contributed by atoms with Gasteiger partial charge in [0.15, 0.2) is 0 Å². The summed E-state index contributed by atoms with van der Waals surface area (Å²) in [5.74, 6) is -0.565. The lowest BCUT2D eigenvalue weighted by Crippen LogP contribution is -2.55. The van der Waals surface area contributed by atoms with E-state index in [1.165, 1.54) is 6.07 Å². The van der Waals surface area contributed by atoms with Crippen LogP contribution in [-0.4, -0.2) is 56.3 Å². The number of hydrogen-bond donors (Lipinski definition) is 3. The number of nitrogens with one attached hydrogen (secondary N) is 3. The van der Waals surface area contributed by atoms with Crippen LogP contribution in [0.5, 0.6) is 0 Å². The van der Waals surface area contributed by atoms with Crippen molar-refractivity contribution < 1.29 is 22.8 Å². The zero-order valence-corrected chi connectivity index (χ0v) is 16.7. The van der Waals surface area contributed by atoms with Gasteiger partial charge in [-0.25, -0.2) is 17.9 Å². The molecule has 1 aromatic rings. The summed E-state index contributed by atoms with van der Waals surface area (Å²) in [6.07, 6.45) is 0.674. The Hall–Kier alpha value is -1.98. The number of hydrogen-bond acceptors (Lipinski definition) is 5. The van der Waals surface area contributed by atoms with Gasteiger partial charge >= 0.3 is 6.03 Å². The molecule has 11 heteroatoms. The number of benzene rings is 1. The Morgan fingerprint density at radius 3 is 2.48 bits per heavy atom. The molecule has 2 saturated heterocycles. The zero-order valence-electron chi connectivity index (χ0n) is 14.3. The molecule has 3 N–H and O–H groups in total. The lowest BCUT2D eigenvalue weighted by atomic mass is 9.87. The molecular formula is C16H19BrN4O5S. The van der Waals surface area contributed by atoms with E-state index in [0.29, 0.717) is 30.4 Å². The summed E-state index contributed by atoms with van der Waals surface area (Å²) in [5.41, 5.74) is -0.935. The second kappa shape index (κ2) is 7.56. The zero-order chi connectivity index (χ0) is 19.7. The predicted molar refractivity (Wildman–Crippen MR) is 99.2 cm³/mol. The highest BCUT2D eigenvalue weighted by Gasteiger charge is 2.48. The summed E-state index contributed by atoms with van der Waals surface area (Å²) < 4.78 is 27.5. The Kier molecular flexibility index (Phi) is 5.54. The quantitative estimate of drug-likeness (QED) is 0.547. The van der Waals surface area contributed by atoms with Crippen molar-refractivity contribution in [3.05, 3.63) is 28.7 Å². The monoisotopic (exact) mass is 458 g/mol. The average Bonchev–Trinajstić information content (AvgIpc) is 2.88. The van der Waals surface area contributed by atoms with Gasteiger partial charge < -0.3 is 10.2 Å². The van der Waals surface area contributed by atoms with Crippen molar-refractivity contribution >= 4 is 43.8 Å². The van der Waals surface area contributed by atoms with Gasteiger partial charge in [-0.1, -0.05) is 12.1 Å². The van der Waals surface area contributed by atoms with E-state index < -0.39 is 21.6 Å². The summed E-state index contributed by atoms with van der Waals surface area (Å²) in [5, 5.41) is 4.85. The first-order valence-corrected chi connectivity index (χ1v) is 10.7. The molecular weight excluding hydrogens is 440 g/mol. The molecule has 2 aliphatic rings. The van der Waals surface area contributed by atoms with Crippen LogP contribution in [0.4, 0.5) is 4.79 Å². The van der Waals surface area contributed by atoms with Crippen molar-refractivity contribution in [2.45, 2.75) is 29.7 Å². The number of piperidine rings is 1. The van der Waals surface area contributed by atoms with Gasteiger partial charge in [-0.3, -0.25) is 14.9 Å². The number of nitrogens with zero attached hydrogens (tertiary/aromatic N) is 1. The molecule has 0 atom stereocenters. The molecule has 0 unspecified atom stereocenters. The van der Waals surface area contributed by atoms with E-state index in [0.717, 1.165) is 0 Å². The highest BCUT2D eigenvalue weighted by atomic mass is 79.9. The van der Waals surface area contributed by atoms with Crippen LogP contribution in [0, 0.1) is 0 Å². The first-order chi connectivity index (χ1) is 12.7. The molecule has 0 saturated carbocycles. The van der Waals surface area contributed by atoms with Crippen molar-refractivity contribution in [3.63, 3.8) is 0 Å². The van der Waals surface area contributed by atoms with Crippen molar-refractivity contribution in [1.29, 1.82) is 0 Å². The van der Waals surface area contributed by atoms with E-state index in [9.17, 15) is 22.8 Å². The molecule has 2 fully saturated rings. The van der Waals surface area contributed by atoms with Crippen molar-refractivity contribution in [3.8, 4) is 0 Å². The Bertz CT molecular complexity index is 881. The minimum atomic E-state index is -3.72. The van der Waals surface area contributed by atoms with Crippen molar-refractivity contribution in [2.75, 3.05) is 19.6 Å². The predicted octanol–water partition coefficient (Wildman–Crippen LogP) is 0.318. The fourth-order valence-electron chi connectivity index (χ4n) is 3.21. The molecule has 1 aromatic carbocycles. The minimum absolute atomic E-state index is 0.00916. The summed E-state index contributed by atoms with van der Waals surface area (Å²) in [6, 6.07) is 5.91. The lowest BCUT2D eigenvalue weighted by molar-refractivity contribution is -0.135. The van der Waals surface area contributed by atoms with Gasteiger partial charge in [-0.05, 0) is 40.9 Å². The van der Waals surface area contributed by atoms with E-state index in [2.05, 4.69) is 31.3 Å². The Morgan fingerprint density at radius 1 is 1.22 bits per heavy atom. The average molecular weight is 459 g/mol. The molecule has 3 rings (SSSR count). The topological polar surface area (TPSA) is 125 Å². The minimum Gasteiger partial charge on any atom is -0.342 e. The third-order valence-corrected chi connectivity index (χ3v) is 7.21. The molecule has 0 aliphatic carbocycles. The van der Waals surface area contributed by atoms with Gasteiger partial charge in [0, 0.05) is 30.5 Å². The molecule has 9 nitrogen and oxygen atoms in total. The first-order valence-electron chi connectivity index (χ1n) is 8.39. The van der Waals surface area contributed by atoms with Crippen LogP contribution in [0.3, 0.4) is 0 Å². The highest BCUT2D eigenvalue weighted by molar-refractivity contribution is 9.10. The van der Waals surface area contributed by atoms with E-state index in [4.69, 9.17) is 0 Å². The lowest BCUT2D eigenvalue weighted by Gasteiger charge is -2.37. The van der Waals surface area contributed by atoms with Gasteiger partial charge in [-0.15, -0.1) is 0 Å². The number of imide groups is 1. The molecule has 27 heavy (non-hydrogen) atoms. The number of rotatable bonds is 5. The number of carbonyl (C=O) groups is 3. The smallest absolute Gasteiger partial charge is 0.322 e. The number of urea groups is 1. The molecule has 1 spiro atoms. The normalized spacial score (nSPS) is 19.1. The summed E-state index contributed by atoms with van der Waals surface area (Å²) in [4.78, 5) is 37.3. The third kappa shape index (κ3) is 4.14. The fourth-order valence-corrected chi connectivity index (χ4v) is 5.24. The van der Waals surface area contributed by atoms with Crippen LogP contribution in [0.1, 0.15) is 19.3 Å². The summed E-state index contributed by atoms with van der Waals surface area (Å²) >= 11 is 3.20. The van der Waals surface area contributed by atoms with Crippen LogP contribution in [0.25, 0.3) is 0 Å². The first kappa shape index (κ1) is 19.8. The third-order valence-electron chi connectivity index (χ3n) is 4.74. The number of likely N-dealkylation sites (tertiary alicyclic amines) is 1. The number of halogens is 1. The van der Waals surface area contributed by atoms with Crippen LogP contribution in [0.2, 0.25) is 0 Å². The number of amides is 4. The van der Waals surface area contributed by atoms with E-state index in [-0.39, 0.29) is 29.7 Å². The Balaban J connectivity index is 1.50. The van der Waals surface area contributed by atoms with Crippen molar-refractivity contribution in [2.24, 2.45) is 0 Å². The molecule has 2 aliphatic heterocycles. The van der Waals surface area contributed by atoms with Gasteiger partial charge in [0.05, 0.1) is 4.90 Å². The largest absolute Gasteiger partial charge is 0.342 e. The van der Waals surface area contributed by atoms with E-state index >= 15 is 0 Å². The molecule has 146 valence electrons. The summed E-state index contributed by atoms with van der Waals surface area (Å²) in [7, 11) is -3.72. The van der Waals surface area contributed by atoms with E-state index in [1.54, 1.807) is 23.1 Å². The molecule has 0 radical (unpaired) electrons. The number of sulfonamides is 1. The summed E-state index contributed by atoms with van der Waals surface area (Å²) in [6.45, 7) is 0.619. The van der Waals surface area contributed by atoms with Gasteiger partial charge in [0.1, 0.15) is 5.54 Å². The van der Waals surface area contributed by atoms with Gasteiger partial charge in [0.25, 0.3) is 5.91 Å².